The van der Waals surface area contributed by atoms with Crippen molar-refractivity contribution in [3.8, 4) is 0 Å². The first-order chi connectivity index (χ1) is 10.4. The lowest BCUT2D eigenvalue weighted by Crippen LogP contribution is -2.19. The molecule has 2 saturated carbocycles. The SMILES string of the molecule is CCCCCCCCOC1CCC(=C2CCCCC2)CC1. The van der Waals surface area contributed by atoms with Crippen LogP contribution in [0.25, 0.3) is 0 Å². The van der Waals surface area contributed by atoms with E-state index in [1.165, 1.54) is 96.3 Å². The van der Waals surface area contributed by atoms with E-state index in [-0.39, 0.29) is 0 Å². The maximum Gasteiger partial charge on any atom is 0.0581 e. The van der Waals surface area contributed by atoms with Gasteiger partial charge >= 0.3 is 0 Å². The minimum absolute atomic E-state index is 0.564. The molecular weight excluding hydrogens is 256 g/mol. The van der Waals surface area contributed by atoms with Crippen LogP contribution in [-0.2, 0) is 4.74 Å². The van der Waals surface area contributed by atoms with Crippen molar-refractivity contribution in [1.29, 1.82) is 0 Å². The van der Waals surface area contributed by atoms with Gasteiger partial charge in [0.15, 0.2) is 0 Å². The Labute approximate surface area is 132 Å². The third-order valence-corrected chi connectivity index (χ3v) is 5.34. The van der Waals surface area contributed by atoms with Crippen LogP contribution in [0, 0.1) is 0 Å². The van der Waals surface area contributed by atoms with Gasteiger partial charge in [-0.15, -0.1) is 0 Å². The summed E-state index contributed by atoms with van der Waals surface area (Å²) in [5.41, 5.74) is 3.64. The fourth-order valence-electron chi connectivity index (χ4n) is 3.92. The van der Waals surface area contributed by atoms with Crippen LogP contribution in [-0.4, -0.2) is 12.7 Å². The molecule has 2 rings (SSSR count). The molecule has 0 aromatic rings. The standard InChI is InChI=1S/C20H36O/c1-2-3-4-5-6-10-17-21-20-15-13-19(14-16-20)18-11-8-7-9-12-18/h20H,2-17H2,1H3. The van der Waals surface area contributed by atoms with Crippen molar-refractivity contribution in [3.63, 3.8) is 0 Å². The Kier molecular flexibility index (Phi) is 8.47. The van der Waals surface area contributed by atoms with E-state index in [4.69, 9.17) is 4.74 Å². The number of unbranched alkanes of at least 4 members (excludes halogenated alkanes) is 5. The topological polar surface area (TPSA) is 9.23 Å². The zero-order chi connectivity index (χ0) is 14.8. The highest BCUT2D eigenvalue weighted by Crippen LogP contribution is 2.34. The number of ether oxygens (including phenoxy) is 1. The first-order valence-corrected chi connectivity index (χ1v) is 9.71. The molecule has 1 nitrogen and oxygen atoms in total. The lowest BCUT2D eigenvalue weighted by molar-refractivity contribution is 0.0329. The average Bonchev–Trinajstić information content (AvgIpc) is 2.55. The fraction of sp³-hybridized carbons (Fsp3) is 0.900. The van der Waals surface area contributed by atoms with E-state index in [9.17, 15) is 0 Å². The Bertz CT molecular complexity index is 287. The lowest BCUT2D eigenvalue weighted by Gasteiger charge is -2.28. The Morgan fingerprint density at radius 1 is 0.762 bits per heavy atom. The van der Waals surface area contributed by atoms with E-state index in [1.54, 1.807) is 0 Å². The van der Waals surface area contributed by atoms with Crippen molar-refractivity contribution >= 4 is 0 Å². The van der Waals surface area contributed by atoms with Gasteiger partial charge in [-0.25, -0.2) is 0 Å². The molecule has 0 atom stereocenters. The second kappa shape index (κ2) is 10.4. The summed E-state index contributed by atoms with van der Waals surface area (Å²) < 4.78 is 6.10. The van der Waals surface area contributed by atoms with Crippen LogP contribution >= 0.6 is 0 Å². The molecule has 0 N–H and O–H groups in total. The highest BCUT2D eigenvalue weighted by atomic mass is 16.5. The third-order valence-electron chi connectivity index (χ3n) is 5.34. The predicted molar refractivity (Wildman–Crippen MR) is 91.7 cm³/mol. The molecule has 0 aromatic heterocycles. The summed E-state index contributed by atoms with van der Waals surface area (Å²) in [5.74, 6) is 0. The van der Waals surface area contributed by atoms with Gasteiger partial charge in [0.25, 0.3) is 0 Å². The van der Waals surface area contributed by atoms with Crippen LogP contribution in [0.15, 0.2) is 11.1 Å². The number of rotatable bonds is 8. The summed E-state index contributed by atoms with van der Waals surface area (Å²) in [6.07, 6.45) is 21.1. The molecule has 0 heterocycles. The van der Waals surface area contributed by atoms with Gasteiger partial charge in [0, 0.05) is 6.61 Å². The smallest absolute Gasteiger partial charge is 0.0581 e. The Balaban J connectivity index is 1.53. The van der Waals surface area contributed by atoms with Gasteiger partial charge in [0.2, 0.25) is 0 Å². The maximum atomic E-state index is 6.10. The van der Waals surface area contributed by atoms with Gasteiger partial charge < -0.3 is 4.74 Å². The van der Waals surface area contributed by atoms with E-state index >= 15 is 0 Å². The molecule has 1 heteroatoms. The summed E-state index contributed by atoms with van der Waals surface area (Å²) in [6, 6.07) is 0. The van der Waals surface area contributed by atoms with Gasteiger partial charge in [0.1, 0.15) is 0 Å². The molecule has 2 fully saturated rings. The first-order valence-electron chi connectivity index (χ1n) is 9.71. The molecule has 0 radical (unpaired) electrons. The van der Waals surface area contributed by atoms with Crippen LogP contribution in [0.1, 0.15) is 103 Å². The third kappa shape index (κ3) is 6.55. The van der Waals surface area contributed by atoms with Crippen LogP contribution < -0.4 is 0 Å². The molecular formula is C20H36O. The molecule has 21 heavy (non-hydrogen) atoms. The molecule has 0 bridgehead atoms. The molecule has 0 spiro atoms. The van der Waals surface area contributed by atoms with Crippen molar-refractivity contribution in [2.75, 3.05) is 6.61 Å². The molecule has 0 aliphatic heterocycles. The van der Waals surface area contributed by atoms with E-state index in [0.717, 1.165) is 6.61 Å². The van der Waals surface area contributed by atoms with Crippen molar-refractivity contribution in [2.24, 2.45) is 0 Å². The van der Waals surface area contributed by atoms with Crippen molar-refractivity contribution < 1.29 is 4.74 Å². The normalized spacial score (nSPS) is 23.6. The van der Waals surface area contributed by atoms with Gasteiger partial charge in [-0.1, -0.05) is 56.6 Å². The Hall–Kier alpha value is -0.300. The summed E-state index contributed by atoms with van der Waals surface area (Å²) in [5, 5.41) is 0. The summed E-state index contributed by atoms with van der Waals surface area (Å²) in [7, 11) is 0. The van der Waals surface area contributed by atoms with E-state index < -0.39 is 0 Å². The van der Waals surface area contributed by atoms with Crippen LogP contribution in [0.2, 0.25) is 0 Å². The van der Waals surface area contributed by atoms with Gasteiger partial charge in [-0.3, -0.25) is 0 Å². The van der Waals surface area contributed by atoms with Crippen molar-refractivity contribution in [3.05, 3.63) is 11.1 Å². The monoisotopic (exact) mass is 292 g/mol. The minimum Gasteiger partial charge on any atom is -0.378 e. The quantitative estimate of drug-likeness (QED) is 0.363. The van der Waals surface area contributed by atoms with E-state index in [1.807, 2.05) is 11.1 Å². The van der Waals surface area contributed by atoms with Gasteiger partial charge in [0.05, 0.1) is 6.10 Å². The molecule has 2 aliphatic carbocycles. The summed E-state index contributed by atoms with van der Waals surface area (Å²) in [6.45, 7) is 3.28. The van der Waals surface area contributed by atoms with Crippen LogP contribution in [0.3, 0.4) is 0 Å². The van der Waals surface area contributed by atoms with E-state index in [0.29, 0.717) is 6.10 Å². The molecule has 122 valence electrons. The highest BCUT2D eigenvalue weighted by Gasteiger charge is 2.20. The van der Waals surface area contributed by atoms with Crippen molar-refractivity contribution in [2.45, 2.75) is 109 Å². The van der Waals surface area contributed by atoms with Crippen molar-refractivity contribution in [1.82, 2.24) is 0 Å². The predicted octanol–water partition coefficient (Wildman–Crippen LogP) is 6.57. The number of hydrogen-bond acceptors (Lipinski definition) is 1. The lowest BCUT2D eigenvalue weighted by atomic mass is 9.83. The fourth-order valence-corrected chi connectivity index (χ4v) is 3.92. The molecule has 2 aliphatic rings. The average molecular weight is 293 g/mol. The second-order valence-electron chi connectivity index (χ2n) is 7.11. The second-order valence-corrected chi connectivity index (χ2v) is 7.11. The largest absolute Gasteiger partial charge is 0.378 e. The van der Waals surface area contributed by atoms with Crippen LogP contribution in [0.4, 0.5) is 0 Å². The highest BCUT2D eigenvalue weighted by molar-refractivity contribution is 5.17. The zero-order valence-corrected chi connectivity index (χ0v) is 14.3. The number of allylic oxidation sites excluding steroid dienone is 2. The first kappa shape index (κ1) is 17.1. The summed E-state index contributed by atoms with van der Waals surface area (Å²) >= 11 is 0. The molecule has 0 amide bonds. The van der Waals surface area contributed by atoms with Crippen LogP contribution in [0.5, 0.6) is 0 Å². The van der Waals surface area contributed by atoms with Gasteiger partial charge in [-0.2, -0.15) is 0 Å². The molecule has 0 unspecified atom stereocenters. The summed E-state index contributed by atoms with van der Waals surface area (Å²) in [4.78, 5) is 0. The van der Waals surface area contributed by atoms with Gasteiger partial charge in [-0.05, 0) is 57.8 Å². The zero-order valence-electron chi connectivity index (χ0n) is 14.3. The molecule has 0 saturated heterocycles. The Morgan fingerprint density at radius 2 is 1.38 bits per heavy atom. The number of hydrogen-bond donors (Lipinski definition) is 0. The van der Waals surface area contributed by atoms with E-state index in [2.05, 4.69) is 6.92 Å². The Morgan fingerprint density at radius 3 is 2.10 bits per heavy atom. The maximum absolute atomic E-state index is 6.10. The molecule has 0 aromatic carbocycles. The minimum atomic E-state index is 0.564.